The summed E-state index contributed by atoms with van der Waals surface area (Å²) < 4.78 is 62.4. The molecule has 2 aromatic rings. The zero-order valence-corrected chi connectivity index (χ0v) is 20.5. The highest BCUT2D eigenvalue weighted by Crippen LogP contribution is 2.51. The third-order valence-corrected chi connectivity index (χ3v) is 7.94. The zero-order chi connectivity index (χ0) is 26.3. The van der Waals surface area contributed by atoms with Gasteiger partial charge in [-0.25, -0.2) is 9.18 Å². The molecule has 37 heavy (non-hydrogen) atoms. The second-order valence-corrected chi connectivity index (χ2v) is 10.7. The molecule has 0 radical (unpaired) electrons. The normalized spacial score (nSPS) is 23.9. The van der Waals surface area contributed by atoms with Gasteiger partial charge in [0, 0.05) is 29.5 Å². The summed E-state index contributed by atoms with van der Waals surface area (Å²) in [5.41, 5.74) is -3.45. The number of ether oxygens (including phenoxy) is 1. The van der Waals surface area contributed by atoms with Gasteiger partial charge in [0.25, 0.3) is 5.60 Å². The third kappa shape index (κ3) is 3.79. The summed E-state index contributed by atoms with van der Waals surface area (Å²) in [6.45, 7) is 0.480. The van der Waals surface area contributed by atoms with E-state index in [2.05, 4.69) is 5.16 Å². The Kier molecular flexibility index (Phi) is 5.34. The molecule has 0 aromatic heterocycles. The van der Waals surface area contributed by atoms with Gasteiger partial charge in [0.15, 0.2) is 11.4 Å². The highest BCUT2D eigenvalue weighted by atomic mass is 35.5. The van der Waals surface area contributed by atoms with Crippen LogP contribution < -0.4 is 0 Å². The van der Waals surface area contributed by atoms with Crippen LogP contribution in [0.2, 0.25) is 10.0 Å². The molecule has 0 N–H and O–H groups in total. The fraction of sp³-hybridized carbons (Fsp3) is 0.400. The van der Waals surface area contributed by atoms with Gasteiger partial charge < -0.3 is 14.5 Å². The first-order valence-corrected chi connectivity index (χ1v) is 12.3. The van der Waals surface area contributed by atoms with Crippen molar-refractivity contribution in [3.05, 3.63) is 68.4 Å². The van der Waals surface area contributed by atoms with Crippen molar-refractivity contribution in [2.75, 3.05) is 13.1 Å². The van der Waals surface area contributed by atoms with Crippen LogP contribution in [0.4, 0.5) is 17.6 Å². The van der Waals surface area contributed by atoms with E-state index < -0.39 is 51.2 Å². The fourth-order valence-corrected chi connectivity index (χ4v) is 5.59. The predicted molar refractivity (Wildman–Crippen MR) is 124 cm³/mol. The summed E-state index contributed by atoms with van der Waals surface area (Å²) in [5, 5.41) is 2.52. The van der Waals surface area contributed by atoms with Crippen molar-refractivity contribution >= 4 is 40.8 Å². The van der Waals surface area contributed by atoms with Gasteiger partial charge in [0.2, 0.25) is 5.91 Å². The average molecular weight is 557 g/mol. The Bertz CT molecular complexity index is 1360. The predicted octanol–water partition coefficient (Wildman–Crippen LogP) is 5.72. The molecule has 1 saturated heterocycles. The molecule has 1 saturated carbocycles. The lowest BCUT2D eigenvalue weighted by molar-refractivity contribution is -0.275. The minimum absolute atomic E-state index is 0.0243. The van der Waals surface area contributed by atoms with Gasteiger partial charge in [-0.05, 0) is 37.0 Å². The Morgan fingerprint density at radius 2 is 1.81 bits per heavy atom. The van der Waals surface area contributed by atoms with Crippen molar-refractivity contribution in [2.45, 2.75) is 43.1 Å². The Balaban J connectivity index is 1.27. The molecule has 2 aromatic carbocycles. The van der Waals surface area contributed by atoms with Crippen molar-refractivity contribution in [1.82, 2.24) is 4.90 Å². The summed E-state index contributed by atoms with van der Waals surface area (Å²) in [7, 11) is 0. The molecule has 1 unspecified atom stereocenters. The second-order valence-electron chi connectivity index (χ2n) is 9.93. The van der Waals surface area contributed by atoms with Gasteiger partial charge in [-0.15, -0.1) is 0 Å². The lowest BCUT2D eigenvalue weighted by atomic mass is 9.83. The molecule has 1 spiro atoms. The third-order valence-electron chi connectivity index (χ3n) is 7.39. The number of oxime groups is 1. The fourth-order valence-electron chi connectivity index (χ4n) is 5.10. The van der Waals surface area contributed by atoms with E-state index in [9.17, 15) is 27.2 Å². The minimum atomic E-state index is -4.95. The number of esters is 1. The first-order valence-electron chi connectivity index (χ1n) is 11.6. The molecule has 6 nitrogen and oxygen atoms in total. The Hall–Kier alpha value is -2.85. The van der Waals surface area contributed by atoms with E-state index in [1.165, 1.54) is 12.1 Å². The highest BCUT2D eigenvalue weighted by Gasteiger charge is 2.63. The Morgan fingerprint density at radius 1 is 1.14 bits per heavy atom. The van der Waals surface area contributed by atoms with Gasteiger partial charge in [-0.3, -0.25) is 4.79 Å². The van der Waals surface area contributed by atoms with Gasteiger partial charge in [0.1, 0.15) is 0 Å². The van der Waals surface area contributed by atoms with Crippen LogP contribution in [-0.2, 0) is 25.6 Å². The minimum Gasteiger partial charge on any atom is -0.447 e. The maximum absolute atomic E-state index is 14.3. The van der Waals surface area contributed by atoms with E-state index in [0.717, 1.165) is 25.0 Å². The van der Waals surface area contributed by atoms with Crippen LogP contribution in [0.5, 0.6) is 0 Å². The van der Waals surface area contributed by atoms with E-state index in [1.54, 1.807) is 11.0 Å². The molecule has 3 aliphatic heterocycles. The summed E-state index contributed by atoms with van der Waals surface area (Å²) in [6.07, 6.45) is -3.12. The monoisotopic (exact) mass is 556 g/mol. The molecule has 1 aliphatic carbocycles. The second kappa shape index (κ2) is 8.07. The van der Waals surface area contributed by atoms with Gasteiger partial charge in [0.05, 0.1) is 34.4 Å². The summed E-state index contributed by atoms with van der Waals surface area (Å²) in [5.74, 6) is -1.20. The lowest BCUT2D eigenvalue weighted by Gasteiger charge is -2.46. The smallest absolute Gasteiger partial charge is 0.435 e. The number of rotatable bonds is 4. The molecular formula is C25H18Cl2F4N2O4. The van der Waals surface area contributed by atoms with Crippen LogP contribution in [0, 0.1) is 11.7 Å². The molecule has 12 heteroatoms. The number of carbonyl (C=O) groups is 2. The van der Waals surface area contributed by atoms with E-state index in [0.29, 0.717) is 17.9 Å². The van der Waals surface area contributed by atoms with E-state index in [4.69, 9.17) is 32.8 Å². The molecule has 6 rings (SSSR count). The molecule has 1 amide bonds. The maximum atomic E-state index is 14.3. The number of benzene rings is 2. The zero-order valence-electron chi connectivity index (χ0n) is 19.0. The Labute approximate surface area is 218 Å². The van der Waals surface area contributed by atoms with Crippen LogP contribution >= 0.6 is 23.2 Å². The highest BCUT2D eigenvalue weighted by molar-refractivity contribution is 6.35. The number of nitrogens with zero attached hydrogens (tertiary/aromatic N) is 2. The molecule has 0 bridgehead atoms. The first-order chi connectivity index (χ1) is 17.4. The van der Waals surface area contributed by atoms with Crippen LogP contribution in [0.15, 0.2) is 35.5 Å². The van der Waals surface area contributed by atoms with Gasteiger partial charge in [-0.2, -0.15) is 13.2 Å². The number of alkyl halides is 3. The summed E-state index contributed by atoms with van der Waals surface area (Å²) in [4.78, 5) is 31.7. The standard InChI is InChI=1S/C25H18Cl2F4N2O4/c26-17-7-14(8-18(27)21(17)28)24(25(29,30)31)9-19(32-37-24)13-3-4-16-15(6-13)22(35)36-23(16)10-33(11-23)20(34)5-12-1-2-12/h3-4,6-8,12H,1-2,5,9-11H2. The number of amides is 1. The number of hydrogen-bond donors (Lipinski definition) is 0. The largest absolute Gasteiger partial charge is 0.447 e. The maximum Gasteiger partial charge on any atom is 0.435 e. The van der Waals surface area contributed by atoms with E-state index in [1.807, 2.05) is 0 Å². The van der Waals surface area contributed by atoms with Crippen LogP contribution in [0.3, 0.4) is 0 Å². The number of fused-ring (bicyclic) bond motifs is 2. The SMILES string of the molecule is O=C1OC2(CN(C(=O)CC3CC3)C2)c2ccc(C3=NOC(c4cc(Cl)c(F)c(Cl)c4)(C(F)(F)F)C3)cc21. The van der Waals surface area contributed by atoms with Crippen LogP contribution in [-0.4, -0.2) is 41.8 Å². The van der Waals surface area contributed by atoms with Crippen LogP contribution in [0.25, 0.3) is 0 Å². The quantitative estimate of drug-likeness (QED) is 0.274. The first kappa shape index (κ1) is 24.5. The van der Waals surface area contributed by atoms with Crippen molar-refractivity contribution < 1.29 is 36.7 Å². The number of hydrogen-bond acceptors (Lipinski definition) is 5. The lowest BCUT2D eigenvalue weighted by Crippen LogP contribution is -2.61. The van der Waals surface area contributed by atoms with Crippen molar-refractivity contribution in [3.8, 4) is 0 Å². The molecule has 4 aliphatic rings. The van der Waals surface area contributed by atoms with Crippen molar-refractivity contribution in [1.29, 1.82) is 0 Å². The topological polar surface area (TPSA) is 68.2 Å². The number of carbonyl (C=O) groups excluding carboxylic acids is 2. The number of halogens is 6. The van der Waals surface area contributed by atoms with Crippen LogP contribution in [0.1, 0.15) is 52.7 Å². The Morgan fingerprint density at radius 3 is 2.43 bits per heavy atom. The van der Waals surface area contributed by atoms with E-state index >= 15 is 0 Å². The summed E-state index contributed by atoms with van der Waals surface area (Å²) in [6, 6.07) is 6.19. The van der Waals surface area contributed by atoms with Crippen molar-refractivity contribution in [3.63, 3.8) is 0 Å². The summed E-state index contributed by atoms with van der Waals surface area (Å²) >= 11 is 11.5. The number of likely N-dealkylation sites (tertiary alicyclic amines) is 1. The van der Waals surface area contributed by atoms with Crippen molar-refractivity contribution in [2.24, 2.45) is 11.1 Å². The molecule has 1 atom stereocenters. The molecule has 194 valence electrons. The van der Waals surface area contributed by atoms with E-state index in [-0.39, 0.29) is 35.8 Å². The average Bonchev–Trinajstić information content (AvgIpc) is 3.40. The molecule has 2 fully saturated rings. The molecular weight excluding hydrogens is 539 g/mol. The molecule has 3 heterocycles. The van der Waals surface area contributed by atoms with Gasteiger partial charge >= 0.3 is 12.1 Å². The van der Waals surface area contributed by atoms with Gasteiger partial charge in [-0.1, -0.05) is 40.5 Å².